The van der Waals surface area contributed by atoms with E-state index in [0.29, 0.717) is 12.1 Å². The summed E-state index contributed by atoms with van der Waals surface area (Å²) in [4.78, 5) is 9.60. The van der Waals surface area contributed by atoms with Gasteiger partial charge in [0.1, 0.15) is 0 Å². The summed E-state index contributed by atoms with van der Waals surface area (Å²) >= 11 is 0. The van der Waals surface area contributed by atoms with Crippen LogP contribution >= 0.6 is 0 Å². The van der Waals surface area contributed by atoms with Gasteiger partial charge >= 0.3 is 11.9 Å². The van der Waals surface area contributed by atoms with Gasteiger partial charge in [0.25, 0.3) is 0 Å². The average molecular weight is 235 g/mol. The lowest BCUT2D eigenvalue weighted by Gasteiger charge is -2.07. The quantitative estimate of drug-likeness (QED) is 0.553. The van der Waals surface area contributed by atoms with Crippen molar-refractivity contribution in [2.24, 2.45) is 0 Å². The lowest BCUT2D eigenvalue weighted by atomic mass is 10.1. The van der Waals surface area contributed by atoms with E-state index < -0.39 is 22.4 Å². The Labute approximate surface area is 86.5 Å². The second kappa shape index (κ2) is 3.26. The minimum absolute atomic E-state index is 0.262. The second-order valence-electron chi connectivity index (χ2n) is 2.98. The summed E-state index contributed by atoms with van der Waals surface area (Å²) in [6, 6.07) is 1.10. The molecule has 0 fully saturated rings. The Bertz CT molecular complexity index is 457. The van der Waals surface area contributed by atoms with Crippen molar-refractivity contribution in [2.75, 3.05) is 6.79 Å². The third-order valence-electron chi connectivity index (χ3n) is 1.98. The van der Waals surface area contributed by atoms with E-state index in [1.54, 1.807) is 0 Å². The van der Waals surface area contributed by atoms with Crippen molar-refractivity contribution in [1.29, 1.82) is 0 Å². The first-order chi connectivity index (χ1) is 7.39. The molecule has 1 heterocycles. The summed E-state index contributed by atoms with van der Waals surface area (Å²) in [7, 11) is 0. The van der Waals surface area contributed by atoms with E-state index in [2.05, 4.69) is 0 Å². The Hall–Kier alpha value is -1.99. The molecular weight excluding hydrogens is 231 g/mol. The first kappa shape index (κ1) is 10.5. The normalized spacial score (nSPS) is 13.9. The summed E-state index contributed by atoms with van der Waals surface area (Å²) in [6.45, 7) is -0.322. The fourth-order valence-electron chi connectivity index (χ4n) is 1.29. The summed E-state index contributed by atoms with van der Waals surface area (Å²) in [5, 5.41) is 10.5. The van der Waals surface area contributed by atoms with E-state index in [1.807, 2.05) is 0 Å². The predicted octanol–water partition coefficient (Wildman–Crippen LogP) is 2.34. The van der Waals surface area contributed by atoms with E-state index >= 15 is 0 Å². The van der Waals surface area contributed by atoms with Crippen molar-refractivity contribution in [3.05, 3.63) is 27.8 Å². The van der Waals surface area contributed by atoms with Gasteiger partial charge in [0.2, 0.25) is 12.5 Å². The van der Waals surface area contributed by atoms with Gasteiger partial charge in [-0.05, 0) is 6.07 Å². The van der Waals surface area contributed by atoms with Crippen molar-refractivity contribution in [3.8, 4) is 11.5 Å². The monoisotopic (exact) mass is 235 g/mol. The van der Waals surface area contributed by atoms with Crippen molar-refractivity contribution in [3.63, 3.8) is 0 Å². The Balaban J connectivity index is 2.61. The van der Waals surface area contributed by atoms with E-state index in [9.17, 15) is 23.3 Å². The van der Waals surface area contributed by atoms with Gasteiger partial charge in [0.05, 0.1) is 10.5 Å². The molecule has 0 unspecified atom stereocenters. The van der Waals surface area contributed by atoms with Gasteiger partial charge < -0.3 is 9.47 Å². The highest BCUT2D eigenvalue weighted by atomic mass is 19.4. The molecule has 0 amide bonds. The van der Waals surface area contributed by atoms with Gasteiger partial charge in [-0.25, -0.2) is 0 Å². The molecule has 8 heteroatoms. The van der Waals surface area contributed by atoms with Gasteiger partial charge in [-0.15, -0.1) is 0 Å². The minimum Gasteiger partial charge on any atom is -0.453 e. The highest BCUT2D eigenvalue weighted by Crippen LogP contribution is 2.45. The molecule has 0 aliphatic carbocycles. The number of hydrogen-bond donors (Lipinski definition) is 0. The van der Waals surface area contributed by atoms with Crippen LogP contribution in [-0.4, -0.2) is 11.7 Å². The number of rotatable bonds is 1. The highest BCUT2D eigenvalue weighted by Gasteiger charge is 2.37. The summed E-state index contributed by atoms with van der Waals surface area (Å²) < 4.78 is 46.6. The summed E-state index contributed by atoms with van der Waals surface area (Å²) in [5.41, 5.74) is -1.88. The summed E-state index contributed by atoms with van der Waals surface area (Å²) in [6.07, 6.45) is -4.66. The lowest BCUT2D eigenvalue weighted by Crippen LogP contribution is -2.05. The van der Waals surface area contributed by atoms with Crippen LogP contribution in [0.5, 0.6) is 11.5 Å². The molecule has 1 aromatic carbocycles. The smallest absolute Gasteiger partial charge is 0.416 e. The molecule has 1 aliphatic heterocycles. The zero-order valence-corrected chi connectivity index (χ0v) is 7.58. The molecule has 2 rings (SSSR count). The molecule has 0 aromatic heterocycles. The number of halogens is 3. The molecule has 0 N–H and O–H groups in total. The van der Waals surface area contributed by atoms with Crippen LogP contribution in [0.25, 0.3) is 0 Å². The molecule has 1 aliphatic rings. The molecule has 0 radical (unpaired) electrons. The molecule has 0 saturated heterocycles. The number of fused-ring (bicyclic) bond motifs is 1. The van der Waals surface area contributed by atoms with Crippen LogP contribution in [-0.2, 0) is 6.18 Å². The van der Waals surface area contributed by atoms with Crippen LogP contribution in [0.4, 0.5) is 18.9 Å². The Morgan fingerprint density at radius 2 is 2.00 bits per heavy atom. The molecule has 0 bridgehead atoms. The van der Waals surface area contributed by atoms with Crippen LogP contribution in [0, 0.1) is 10.1 Å². The largest absolute Gasteiger partial charge is 0.453 e. The zero-order chi connectivity index (χ0) is 11.9. The first-order valence-corrected chi connectivity index (χ1v) is 4.05. The number of ether oxygens (including phenoxy) is 2. The number of hydrogen-bond acceptors (Lipinski definition) is 4. The molecule has 1 aromatic rings. The standard InChI is InChI=1S/C8H4F3NO4/c9-8(10,11)4-1-5(12(13)14)7-6(2-4)15-3-16-7/h1-2H,3H2. The zero-order valence-electron chi connectivity index (χ0n) is 7.58. The van der Waals surface area contributed by atoms with E-state index in [4.69, 9.17) is 9.47 Å². The van der Waals surface area contributed by atoms with Gasteiger partial charge in [0.15, 0.2) is 5.75 Å². The Kier molecular flexibility index (Phi) is 2.14. The van der Waals surface area contributed by atoms with Gasteiger partial charge in [-0.3, -0.25) is 10.1 Å². The maximum absolute atomic E-state index is 12.4. The van der Waals surface area contributed by atoms with E-state index in [-0.39, 0.29) is 18.3 Å². The average Bonchev–Trinajstić information content (AvgIpc) is 2.61. The predicted molar refractivity (Wildman–Crippen MR) is 44.2 cm³/mol. The molecule has 5 nitrogen and oxygen atoms in total. The maximum atomic E-state index is 12.4. The van der Waals surface area contributed by atoms with Crippen LogP contribution in [0.1, 0.15) is 5.56 Å². The van der Waals surface area contributed by atoms with Crippen molar-refractivity contribution in [1.82, 2.24) is 0 Å². The van der Waals surface area contributed by atoms with Crippen LogP contribution in [0.3, 0.4) is 0 Å². The Morgan fingerprint density at radius 1 is 1.31 bits per heavy atom. The van der Waals surface area contributed by atoms with Gasteiger partial charge in [-0.2, -0.15) is 13.2 Å². The van der Waals surface area contributed by atoms with E-state index in [0.717, 1.165) is 0 Å². The fraction of sp³-hybridized carbons (Fsp3) is 0.250. The molecule has 0 spiro atoms. The Morgan fingerprint density at radius 3 is 2.56 bits per heavy atom. The lowest BCUT2D eigenvalue weighted by molar-refractivity contribution is -0.385. The number of nitro benzene ring substituents is 1. The van der Waals surface area contributed by atoms with Crippen LogP contribution < -0.4 is 9.47 Å². The number of nitrogens with zero attached hydrogens (tertiary/aromatic N) is 1. The molecule has 86 valence electrons. The first-order valence-electron chi connectivity index (χ1n) is 4.05. The van der Waals surface area contributed by atoms with Gasteiger partial charge in [0, 0.05) is 6.07 Å². The molecule has 0 saturated carbocycles. The van der Waals surface area contributed by atoms with Crippen molar-refractivity contribution >= 4 is 5.69 Å². The molecule has 0 atom stereocenters. The maximum Gasteiger partial charge on any atom is 0.416 e. The van der Waals surface area contributed by atoms with Gasteiger partial charge in [-0.1, -0.05) is 0 Å². The highest BCUT2D eigenvalue weighted by molar-refractivity contribution is 5.59. The minimum atomic E-state index is -4.66. The van der Waals surface area contributed by atoms with Crippen molar-refractivity contribution < 1.29 is 27.6 Å². The third-order valence-corrected chi connectivity index (χ3v) is 1.98. The number of alkyl halides is 3. The molecule has 16 heavy (non-hydrogen) atoms. The van der Waals surface area contributed by atoms with E-state index in [1.165, 1.54) is 0 Å². The SMILES string of the molecule is O=[N+]([O-])c1cc(C(F)(F)F)cc2c1OCO2. The second-order valence-corrected chi connectivity index (χ2v) is 2.98. The summed E-state index contributed by atoms with van der Waals surface area (Å²) in [5.74, 6) is -0.528. The van der Waals surface area contributed by atoms with Crippen molar-refractivity contribution in [2.45, 2.75) is 6.18 Å². The molecular formula is C8H4F3NO4. The van der Waals surface area contributed by atoms with Crippen LogP contribution in [0.2, 0.25) is 0 Å². The fourth-order valence-corrected chi connectivity index (χ4v) is 1.29. The van der Waals surface area contributed by atoms with Crippen LogP contribution in [0.15, 0.2) is 12.1 Å². The number of benzene rings is 1. The topological polar surface area (TPSA) is 61.6 Å². The number of nitro groups is 1. The third kappa shape index (κ3) is 1.62.